The number of ether oxygens (including phenoxy) is 1. The molecular weight excluding hydrogens is 282 g/mol. The molecule has 0 heterocycles. The van der Waals surface area contributed by atoms with Crippen molar-refractivity contribution in [3.8, 4) is 0 Å². The number of alkyl carbamates (subject to hydrolysis) is 1. The maximum absolute atomic E-state index is 11.5. The molecule has 0 bridgehead atoms. The highest BCUT2D eigenvalue weighted by molar-refractivity contribution is 5.68. The summed E-state index contributed by atoms with van der Waals surface area (Å²) in [7, 11) is 0. The van der Waals surface area contributed by atoms with Crippen LogP contribution in [-0.4, -0.2) is 31.3 Å². The molecule has 1 aliphatic carbocycles. The second-order valence-electron chi connectivity index (χ2n) is 6.31. The topological polar surface area (TPSA) is 72.5 Å². The SMILES string of the molecule is C=O.C=O.CC1CCC(NC(=O)OC(C)(C)C)CC1.CCC. The summed E-state index contributed by atoms with van der Waals surface area (Å²) < 4.78 is 5.22. The smallest absolute Gasteiger partial charge is 0.407 e. The number of hydrogen-bond acceptors (Lipinski definition) is 4. The Balaban J connectivity index is -0.000000446. The second kappa shape index (κ2) is 16.0. The van der Waals surface area contributed by atoms with Gasteiger partial charge >= 0.3 is 6.09 Å². The van der Waals surface area contributed by atoms with Gasteiger partial charge in [0.15, 0.2) is 0 Å². The molecule has 0 atom stereocenters. The third kappa shape index (κ3) is 18.6. The monoisotopic (exact) mass is 317 g/mol. The van der Waals surface area contributed by atoms with Crippen LogP contribution in [0.5, 0.6) is 0 Å². The average Bonchev–Trinajstić information content (AvgIpc) is 2.45. The molecule has 1 fully saturated rings. The number of nitrogens with one attached hydrogen (secondary N) is 1. The summed E-state index contributed by atoms with van der Waals surface area (Å²) in [6.07, 6.45) is 5.56. The fourth-order valence-corrected chi connectivity index (χ4v) is 1.88. The Labute approximate surface area is 136 Å². The molecule has 0 saturated heterocycles. The van der Waals surface area contributed by atoms with Crippen LogP contribution in [0.3, 0.4) is 0 Å². The third-order valence-electron chi connectivity index (χ3n) is 2.74. The number of hydrogen-bond donors (Lipinski definition) is 1. The van der Waals surface area contributed by atoms with Gasteiger partial charge in [0.05, 0.1) is 0 Å². The van der Waals surface area contributed by atoms with Crippen LogP contribution in [0, 0.1) is 5.92 Å². The first-order valence-electron chi connectivity index (χ1n) is 7.85. The Hall–Kier alpha value is -1.39. The van der Waals surface area contributed by atoms with Gasteiger partial charge in [0.2, 0.25) is 0 Å². The molecule has 5 nitrogen and oxygen atoms in total. The third-order valence-corrected chi connectivity index (χ3v) is 2.74. The van der Waals surface area contributed by atoms with Gasteiger partial charge in [-0.1, -0.05) is 27.2 Å². The summed E-state index contributed by atoms with van der Waals surface area (Å²) in [6.45, 7) is 16.2. The molecule has 1 amide bonds. The van der Waals surface area contributed by atoms with Crippen molar-refractivity contribution in [2.45, 2.75) is 85.3 Å². The van der Waals surface area contributed by atoms with E-state index in [0.29, 0.717) is 6.04 Å². The molecule has 0 spiro atoms. The summed E-state index contributed by atoms with van der Waals surface area (Å²) in [5, 5.41) is 2.93. The Morgan fingerprint density at radius 1 is 1.05 bits per heavy atom. The zero-order valence-corrected chi connectivity index (χ0v) is 15.2. The molecule has 0 aliphatic heterocycles. The standard InChI is InChI=1S/C12H23NO2.C3H8.2CH2O/c1-9-5-7-10(8-6-9)13-11(14)15-12(2,3)4;1-3-2;2*1-2/h9-10H,5-8H2,1-4H3,(H,13,14);3H2,1-2H3;2*1H2. The van der Waals surface area contributed by atoms with Gasteiger partial charge in [-0.05, 0) is 52.4 Å². The zero-order chi connectivity index (χ0) is 18.2. The highest BCUT2D eigenvalue weighted by Crippen LogP contribution is 2.23. The quantitative estimate of drug-likeness (QED) is 0.789. The van der Waals surface area contributed by atoms with Crippen molar-refractivity contribution < 1.29 is 19.1 Å². The molecule has 5 heteroatoms. The van der Waals surface area contributed by atoms with E-state index < -0.39 is 5.60 Å². The minimum atomic E-state index is -0.397. The van der Waals surface area contributed by atoms with Crippen molar-refractivity contribution in [3.05, 3.63) is 0 Å². The summed E-state index contributed by atoms with van der Waals surface area (Å²) in [5.74, 6) is 0.807. The minimum Gasteiger partial charge on any atom is -0.444 e. The molecule has 22 heavy (non-hydrogen) atoms. The van der Waals surface area contributed by atoms with Crippen molar-refractivity contribution in [1.82, 2.24) is 5.32 Å². The van der Waals surface area contributed by atoms with Crippen molar-refractivity contribution >= 4 is 19.7 Å². The van der Waals surface area contributed by atoms with Crippen LogP contribution in [0.4, 0.5) is 4.79 Å². The van der Waals surface area contributed by atoms with Crippen molar-refractivity contribution in [2.75, 3.05) is 0 Å². The van der Waals surface area contributed by atoms with Gasteiger partial charge in [-0.15, -0.1) is 0 Å². The number of carbonyl (C=O) groups is 3. The first kappa shape index (κ1) is 25.6. The molecule has 1 aliphatic rings. The van der Waals surface area contributed by atoms with Gasteiger partial charge in [-0.25, -0.2) is 4.79 Å². The van der Waals surface area contributed by atoms with E-state index in [2.05, 4.69) is 26.1 Å². The molecule has 0 aromatic heterocycles. The maximum Gasteiger partial charge on any atom is 0.407 e. The molecule has 132 valence electrons. The van der Waals surface area contributed by atoms with Crippen molar-refractivity contribution in [3.63, 3.8) is 0 Å². The predicted molar refractivity (Wildman–Crippen MR) is 91.0 cm³/mol. The molecule has 0 aromatic rings. The molecule has 1 saturated carbocycles. The van der Waals surface area contributed by atoms with Crippen LogP contribution in [0.1, 0.15) is 73.6 Å². The Morgan fingerprint density at radius 3 is 1.73 bits per heavy atom. The summed E-state index contributed by atoms with van der Waals surface area (Å²) in [5.41, 5.74) is -0.397. The number of carbonyl (C=O) groups excluding carboxylic acids is 3. The lowest BCUT2D eigenvalue weighted by atomic mass is 9.87. The van der Waals surface area contributed by atoms with Gasteiger partial charge in [0, 0.05) is 6.04 Å². The van der Waals surface area contributed by atoms with E-state index in [0.717, 1.165) is 18.8 Å². The van der Waals surface area contributed by atoms with E-state index in [4.69, 9.17) is 14.3 Å². The highest BCUT2D eigenvalue weighted by Gasteiger charge is 2.22. The first-order chi connectivity index (χ1) is 10.3. The summed E-state index contributed by atoms with van der Waals surface area (Å²) >= 11 is 0. The molecule has 0 aromatic carbocycles. The van der Waals surface area contributed by atoms with Gasteiger partial charge in [-0.2, -0.15) is 0 Å². The lowest BCUT2D eigenvalue weighted by Crippen LogP contribution is -2.40. The normalized spacial score (nSPS) is 19.7. The van der Waals surface area contributed by atoms with Gasteiger partial charge in [0.25, 0.3) is 0 Å². The van der Waals surface area contributed by atoms with E-state index in [1.165, 1.54) is 19.3 Å². The van der Waals surface area contributed by atoms with Crippen molar-refractivity contribution in [2.24, 2.45) is 5.92 Å². The Morgan fingerprint density at radius 2 is 1.41 bits per heavy atom. The van der Waals surface area contributed by atoms with Crippen molar-refractivity contribution in [1.29, 1.82) is 0 Å². The highest BCUT2D eigenvalue weighted by atomic mass is 16.6. The number of amides is 1. The van der Waals surface area contributed by atoms with E-state index in [9.17, 15) is 4.79 Å². The molecule has 0 radical (unpaired) electrons. The molecule has 1 rings (SSSR count). The van der Waals surface area contributed by atoms with E-state index in [1.807, 2.05) is 34.3 Å². The maximum atomic E-state index is 11.5. The van der Waals surface area contributed by atoms with Crippen LogP contribution in [0.15, 0.2) is 0 Å². The predicted octanol–water partition coefficient (Wildman–Crippen LogP) is 4.14. The Kier molecular flexibility index (Phi) is 18.6. The van der Waals surface area contributed by atoms with Crippen LogP contribution in [0.2, 0.25) is 0 Å². The lowest BCUT2D eigenvalue weighted by molar-refractivity contribution is -0.0987. The van der Waals surface area contributed by atoms with Gasteiger partial charge in [-0.3, -0.25) is 0 Å². The zero-order valence-electron chi connectivity index (χ0n) is 15.2. The summed E-state index contributed by atoms with van der Waals surface area (Å²) in [6, 6.07) is 0.316. The van der Waals surface area contributed by atoms with Gasteiger partial charge < -0.3 is 19.6 Å². The van der Waals surface area contributed by atoms with Crippen LogP contribution in [0.25, 0.3) is 0 Å². The largest absolute Gasteiger partial charge is 0.444 e. The molecular formula is C17H35NO4. The van der Waals surface area contributed by atoms with Crippen LogP contribution >= 0.6 is 0 Å². The fourth-order valence-electron chi connectivity index (χ4n) is 1.88. The summed E-state index contributed by atoms with van der Waals surface area (Å²) in [4.78, 5) is 27.5. The second-order valence-corrected chi connectivity index (χ2v) is 6.31. The van der Waals surface area contributed by atoms with E-state index >= 15 is 0 Å². The lowest BCUT2D eigenvalue weighted by Gasteiger charge is -2.28. The number of rotatable bonds is 1. The van der Waals surface area contributed by atoms with E-state index in [-0.39, 0.29) is 6.09 Å². The first-order valence-corrected chi connectivity index (χ1v) is 7.85. The molecule has 1 N–H and O–H groups in total. The van der Waals surface area contributed by atoms with Crippen LogP contribution < -0.4 is 5.32 Å². The minimum absolute atomic E-state index is 0.276. The Bertz CT molecular complexity index is 254. The van der Waals surface area contributed by atoms with Gasteiger partial charge in [0.1, 0.15) is 19.2 Å². The van der Waals surface area contributed by atoms with Crippen LogP contribution in [-0.2, 0) is 14.3 Å². The molecule has 0 unspecified atom stereocenters. The van der Waals surface area contributed by atoms with E-state index in [1.54, 1.807) is 0 Å². The fraction of sp³-hybridized carbons (Fsp3) is 0.824. The average molecular weight is 317 g/mol.